The van der Waals surface area contributed by atoms with E-state index in [0.29, 0.717) is 5.02 Å². The van der Waals surface area contributed by atoms with Gasteiger partial charge < -0.3 is 4.40 Å². The van der Waals surface area contributed by atoms with Gasteiger partial charge in [-0.2, -0.15) is 9.61 Å². The van der Waals surface area contributed by atoms with Crippen LogP contribution in [0.3, 0.4) is 0 Å². The van der Waals surface area contributed by atoms with E-state index in [1.807, 2.05) is 28.9 Å². The SMILES string of the molecule is CC(C)c1nnc2sc(-c3cn4cc(Cl)ccc4n3)nn12. The Bertz CT molecular complexity index is 950. The molecule has 0 saturated carbocycles. The van der Waals surface area contributed by atoms with Crippen molar-refractivity contribution in [2.24, 2.45) is 0 Å². The molecule has 0 saturated heterocycles. The lowest BCUT2D eigenvalue weighted by Crippen LogP contribution is -1.97. The summed E-state index contributed by atoms with van der Waals surface area (Å²) in [6.45, 7) is 4.14. The highest BCUT2D eigenvalue weighted by Gasteiger charge is 2.16. The van der Waals surface area contributed by atoms with Crippen LogP contribution in [0.1, 0.15) is 25.6 Å². The van der Waals surface area contributed by atoms with E-state index in [1.54, 1.807) is 4.52 Å². The fourth-order valence-electron chi connectivity index (χ4n) is 2.16. The molecule has 0 radical (unpaired) electrons. The van der Waals surface area contributed by atoms with Gasteiger partial charge in [-0.25, -0.2) is 4.98 Å². The standard InChI is InChI=1S/C13H11ClN6S/c1-7(2)11-16-17-13-20(11)18-12(21-13)9-6-19-5-8(14)3-4-10(19)15-9/h3-7H,1-2H3. The molecule has 0 unspecified atom stereocenters. The molecule has 0 bridgehead atoms. The van der Waals surface area contributed by atoms with Crippen LogP contribution < -0.4 is 0 Å². The van der Waals surface area contributed by atoms with Crippen LogP contribution in [0, 0.1) is 0 Å². The smallest absolute Gasteiger partial charge is 0.235 e. The van der Waals surface area contributed by atoms with Gasteiger partial charge in [0, 0.05) is 18.3 Å². The van der Waals surface area contributed by atoms with Gasteiger partial charge in [0.2, 0.25) is 4.96 Å². The fraction of sp³-hybridized carbons (Fsp3) is 0.231. The van der Waals surface area contributed by atoms with Gasteiger partial charge in [0.05, 0.1) is 5.02 Å². The summed E-state index contributed by atoms with van der Waals surface area (Å²) in [7, 11) is 0. The third kappa shape index (κ3) is 2.00. The lowest BCUT2D eigenvalue weighted by Gasteiger charge is -1.97. The van der Waals surface area contributed by atoms with E-state index in [2.05, 4.69) is 34.1 Å². The average molecular weight is 319 g/mol. The van der Waals surface area contributed by atoms with Crippen LogP contribution in [0.4, 0.5) is 0 Å². The van der Waals surface area contributed by atoms with E-state index < -0.39 is 0 Å². The summed E-state index contributed by atoms with van der Waals surface area (Å²) in [5.74, 6) is 1.13. The lowest BCUT2D eigenvalue weighted by atomic mass is 10.2. The summed E-state index contributed by atoms with van der Waals surface area (Å²) in [6, 6.07) is 3.70. The molecule has 4 aromatic rings. The van der Waals surface area contributed by atoms with Crippen LogP contribution in [0.5, 0.6) is 0 Å². The van der Waals surface area contributed by atoms with Gasteiger partial charge in [-0.3, -0.25) is 0 Å². The molecule has 4 rings (SSSR count). The highest BCUT2D eigenvalue weighted by atomic mass is 35.5. The van der Waals surface area contributed by atoms with Gasteiger partial charge in [-0.1, -0.05) is 36.8 Å². The Morgan fingerprint density at radius 2 is 2.05 bits per heavy atom. The molecule has 21 heavy (non-hydrogen) atoms. The number of fused-ring (bicyclic) bond motifs is 2. The van der Waals surface area contributed by atoms with Crippen molar-refractivity contribution in [1.82, 2.24) is 29.2 Å². The molecule has 0 atom stereocenters. The molecule has 0 N–H and O–H groups in total. The molecule has 6 nitrogen and oxygen atoms in total. The summed E-state index contributed by atoms with van der Waals surface area (Å²) >= 11 is 7.47. The Hall–Kier alpha value is -1.99. The summed E-state index contributed by atoms with van der Waals surface area (Å²) < 4.78 is 3.69. The van der Waals surface area contributed by atoms with E-state index >= 15 is 0 Å². The second kappa shape index (κ2) is 4.51. The second-order valence-electron chi connectivity index (χ2n) is 5.05. The molecule has 4 aromatic heterocycles. The van der Waals surface area contributed by atoms with Crippen molar-refractivity contribution in [2.75, 3.05) is 0 Å². The molecule has 0 spiro atoms. The van der Waals surface area contributed by atoms with Crippen LogP contribution >= 0.6 is 22.9 Å². The minimum absolute atomic E-state index is 0.273. The van der Waals surface area contributed by atoms with Gasteiger partial charge in [-0.05, 0) is 12.1 Å². The quantitative estimate of drug-likeness (QED) is 0.569. The first-order chi connectivity index (χ1) is 10.1. The Balaban J connectivity index is 1.87. The minimum atomic E-state index is 0.273. The minimum Gasteiger partial charge on any atom is -0.305 e. The van der Waals surface area contributed by atoms with Gasteiger partial charge in [-0.15, -0.1) is 10.2 Å². The third-order valence-electron chi connectivity index (χ3n) is 3.17. The number of pyridine rings is 1. The number of nitrogens with zero attached hydrogens (tertiary/aromatic N) is 6. The fourth-order valence-corrected chi connectivity index (χ4v) is 3.13. The zero-order valence-corrected chi connectivity index (χ0v) is 12.9. The number of aromatic nitrogens is 6. The van der Waals surface area contributed by atoms with E-state index in [-0.39, 0.29) is 5.92 Å². The van der Waals surface area contributed by atoms with Crippen LogP contribution in [-0.4, -0.2) is 29.2 Å². The first-order valence-corrected chi connectivity index (χ1v) is 7.68. The van der Waals surface area contributed by atoms with Gasteiger partial charge in [0.1, 0.15) is 11.3 Å². The van der Waals surface area contributed by atoms with Crippen molar-refractivity contribution < 1.29 is 0 Å². The number of hydrogen-bond donors (Lipinski definition) is 0. The van der Waals surface area contributed by atoms with Crippen molar-refractivity contribution in [3.63, 3.8) is 0 Å². The van der Waals surface area contributed by atoms with Crippen molar-refractivity contribution in [2.45, 2.75) is 19.8 Å². The maximum absolute atomic E-state index is 5.99. The largest absolute Gasteiger partial charge is 0.305 e. The predicted octanol–water partition coefficient (Wildman–Crippen LogP) is 3.28. The molecule has 0 aromatic carbocycles. The molecular formula is C13H11ClN6S. The predicted molar refractivity (Wildman–Crippen MR) is 81.9 cm³/mol. The van der Waals surface area contributed by atoms with E-state index in [1.165, 1.54) is 11.3 Å². The zero-order valence-electron chi connectivity index (χ0n) is 11.4. The Morgan fingerprint density at radius 3 is 2.86 bits per heavy atom. The van der Waals surface area contributed by atoms with Crippen molar-refractivity contribution in [3.05, 3.63) is 35.4 Å². The molecule has 106 valence electrons. The maximum Gasteiger partial charge on any atom is 0.235 e. The maximum atomic E-state index is 5.99. The summed E-state index contributed by atoms with van der Waals surface area (Å²) in [5.41, 5.74) is 1.65. The van der Waals surface area contributed by atoms with E-state index in [9.17, 15) is 0 Å². The van der Waals surface area contributed by atoms with Crippen LogP contribution in [0.15, 0.2) is 24.5 Å². The molecule has 8 heteroatoms. The highest BCUT2D eigenvalue weighted by molar-refractivity contribution is 7.19. The molecule has 0 aliphatic carbocycles. The van der Waals surface area contributed by atoms with Crippen LogP contribution in [0.25, 0.3) is 21.3 Å². The lowest BCUT2D eigenvalue weighted by molar-refractivity contribution is 0.726. The van der Waals surface area contributed by atoms with Crippen molar-refractivity contribution >= 4 is 33.5 Å². The molecule has 0 aliphatic heterocycles. The monoisotopic (exact) mass is 318 g/mol. The first kappa shape index (κ1) is 12.7. The number of hydrogen-bond acceptors (Lipinski definition) is 5. The Kier molecular flexibility index (Phi) is 2.73. The highest BCUT2D eigenvalue weighted by Crippen LogP contribution is 2.26. The first-order valence-electron chi connectivity index (χ1n) is 6.48. The molecule has 0 fully saturated rings. The molecule has 0 aliphatic rings. The molecule has 0 amide bonds. The van der Waals surface area contributed by atoms with Crippen molar-refractivity contribution in [1.29, 1.82) is 0 Å². The topological polar surface area (TPSA) is 60.4 Å². The van der Waals surface area contributed by atoms with Crippen molar-refractivity contribution in [3.8, 4) is 10.7 Å². The summed E-state index contributed by atoms with van der Waals surface area (Å²) in [5, 5.41) is 14.4. The van der Waals surface area contributed by atoms with Gasteiger partial charge in [0.25, 0.3) is 0 Å². The Morgan fingerprint density at radius 1 is 1.19 bits per heavy atom. The van der Waals surface area contributed by atoms with E-state index in [4.69, 9.17) is 11.6 Å². The number of rotatable bonds is 2. The number of imidazole rings is 1. The van der Waals surface area contributed by atoms with Gasteiger partial charge in [0.15, 0.2) is 10.8 Å². The Labute approximate surface area is 129 Å². The van der Waals surface area contributed by atoms with E-state index in [0.717, 1.165) is 27.1 Å². The van der Waals surface area contributed by atoms with Gasteiger partial charge >= 0.3 is 0 Å². The zero-order chi connectivity index (χ0) is 14.6. The van der Waals surface area contributed by atoms with Crippen LogP contribution in [-0.2, 0) is 0 Å². The summed E-state index contributed by atoms with van der Waals surface area (Å²) in [4.78, 5) is 5.35. The second-order valence-corrected chi connectivity index (χ2v) is 6.45. The van der Waals surface area contributed by atoms with Crippen LogP contribution in [0.2, 0.25) is 5.02 Å². The molecule has 4 heterocycles. The normalized spacial score (nSPS) is 12.0. The third-order valence-corrected chi connectivity index (χ3v) is 4.31. The summed E-state index contributed by atoms with van der Waals surface area (Å²) in [6.07, 6.45) is 3.75. The average Bonchev–Trinajstić information content (AvgIpc) is 3.09. The molecular weight excluding hydrogens is 308 g/mol. The number of halogens is 1.